The second-order valence-corrected chi connectivity index (χ2v) is 5.85. The Morgan fingerprint density at radius 2 is 1.92 bits per heavy atom. The molecule has 0 saturated carbocycles. The van der Waals surface area contributed by atoms with Crippen LogP contribution in [0.2, 0.25) is 0 Å². The van der Waals surface area contributed by atoms with Gasteiger partial charge in [0.1, 0.15) is 11.6 Å². The van der Waals surface area contributed by atoms with E-state index >= 15 is 0 Å². The molecule has 0 amide bonds. The van der Waals surface area contributed by atoms with Crippen molar-refractivity contribution in [3.8, 4) is 0 Å². The molecule has 24 heavy (non-hydrogen) atoms. The molecule has 2 rings (SSSR count). The number of halogens is 2. The third-order valence-electron chi connectivity index (χ3n) is 3.94. The normalized spacial score (nSPS) is 11.1. The van der Waals surface area contributed by atoms with Crippen LogP contribution in [0, 0.1) is 25.5 Å². The van der Waals surface area contributed by atoms with Crippen LogP contribution in [0.15, 0.2) is 35.3 Å². The Morgan fingerprint density at radius 3 is 2.58 bits per heavy atom. The van der Waals surface area contributed by atoms with Gasteiger partial charge in [-0.15, -0.1) is 0 Å². The van der Waals surface area contributed by atoms with E-state index in [1.54, 1.807) is 25.4 Å². The molecule has 0 spiro atoms. The number of rotatable bonds is 6. The van der Waals surface area contributed by atoms with Gasteiger partial charge in [0.2, 0.25) is 0 Å². The van der Waals surface area contributed by atoms with Gasteiger partial charge in [0.05, 0.1) is 12.0 Å². The fraction of sp³-hybridized carbons (Fsp3) is 0.316. The smallest absolute Gasteiger partial charge is 0.127 e. The van der Waals surface area contributed by atoms with Crippen LogP contribution in [-0.4, -0.2) is 24.8 Å². The number of hydrogen-bond acceptors (Lipinski definition) is 2. The molecule has 0 heterocycles. The zero-order valence-electron chi connectivity index (χ0n) is 14.5. The summed E-state index contributed by atoms with van der Waals surface area (Å²) in [6.07, 6.45) is 1.69. The van der Waals surface area contributed by atoms with Crippen molar-refractivity contribution in [3.05, 3.63) is 58.7 Å². The zero-order chi connectivity index (χ0) is 17.7. The summed E-state index contributed by atoms with van der Waals surface area (Å²) in [5.41, 5.74) is 3.68. The fourth-order valence-electron chi connectivity index (χ4n) is 2.24. The van der Waals surface area contributed by atoms with Crippen LogP contribution < -0.4 is 5.32 Å². The first-order valence-electron chi connectivity index (χ1n) is 7.94. The van der Waals surface area contributed by atoms with Crippen molar-refractivity contribution in [2.75, 3.05) is 18.9 Å². The zero-order valence-corrected chi connectivity index (χ0v) is 14.5. The summed E-state index contributed by atoms with van der Waals surface area (Å²) in [4.78, 5) is 6.27. The number of benzene rings is 2. The lowest BCUT2D eigenvalue weighted by atomic mass is 10.1. The van der Waals surface area contributed by atoms with E-state index in [0.29, 0.717) is 23.5 Å². The third-order valence-corrected chi connectivity index (χ3v) is 3.94. The maximum atomic E-state index is 13.9. The lowest BCUT2D eigenvalue weighted by Gasteiger charge is -2.13. The summed E-state index contributed by atoms with van der Waals surface area (Å²) in [6.45, 7) is 6.96. The van der Waals surface area contributed by atoms with Crippen LogP contribution in [0.5, 0.6) is 0 Å². The topological polar surface area (TPSA) is 27.6 Å². The van der Waals surface area contributed by atoms with Gasteiger partial charge >= 0.3 is 0 Å². The Balaban J connectivity index is 2.19. The number of anilines is 1. The number of nitrogens with zero attached hydrogens (tertiary/aromatic N) is 2. The van der Waals surface area contributed by atoms with Crippen LogP contribution in [0.1, 0.15) is 23.6 Å². The highest BCUT2D eigenvalue weighted by atomic mass is 19.1. The molecule has 0 aliphatic heterocycles. The Morgan fingerprint density at radius 1 is 1.17 bits per heavy atom. The van der Waals surface area contributed by atoms with E-state index in [4.69, 9.17) is 0 Å². The van der Waals surface area contributed by atoms with Gasteiger partial charge in [-0.05, 0) is 55.7 Å². The molecule has 0 aliphatic carbocycles. The molecule has 0 bridgehead atoms. The average Bonchev–Trinajstić information content (AvgIpc) is 2.56. The first-order valence-corrected chi connectivity index (χ1v) is 7.94. The monoisotopic (exact) mass is 331 g/mol. The molecule has 0 aliphatic rings. The molecule has 0 saturated heterocycles. The third kappa shape index (κ3) is 4.54. The van der Waals surface area contributed by atoms with Crippen LogP contribution in [0.4, 0.5) is 20.2 Å². The molecule has 0 radical (unpaired) electrons. The lowest BCUT2D eigenvalue weighted by Crippen LogP contribution is -2.14. The Hall–Kier alpha value is -2.43. The van der Waals surface area contributed by atoms with Gasteiger partial charge in [0, 0.05) is 25.8 Å². The van der Waals surface area contributed by atoms with E-state index in [2.05, 4.69) is 10.3 Å². The molecule has 5 heteroatoms. The Labute approximate surface area is 142 Å². The number of hydrogen-bond donors (Lipinski definition) is 1. The standard InChI is InChI=1S/C19H23F2N3/c1-5-24(4)12-23-19-10-16(20)9-18(14(19)3)22-11-15-6-7-17(21)13(2)8-15/h6-10,12,22H,5,11H2,1-4H3/b23-12+. The predicted molar refractivity (Wildman–Crippen MR) is 96.1 cm³/mol. The van der Waals surface area contributed by atoms with Crippen molar-refractivity contribution in [1.29, 1.82) is 0 Å². The first kappa shape index (κ1) is 17.9. The maximum absolute atomic E-state index is 13.9. The molecular weight excluding hydrogens is 308 g/mol. The van der Waals surface area contributed by atoms with E-state index < -0.39 is 0 Å². The Kier molecular flexibility index (Phi) is 5.90. The highest BCUT2D eigenvalue weighted by molar-refractivity contribution is 5.68. The molecule has 2 aromatic rings. The van der Waals surface area contributed by atoms with Gasteiger partial charge in [-0.3, -0.25) is 0 Å². The number of nitrogens with one attached hydrogen (secondary N) is 1. The van der Waals surface area contributed by atoms with Crippen molar-refractivity contribution < 1.29 is 8.78 Å². The van der Waals surface area contributed by atoms with Gasteiger partial charge in [0.15, 0.2) is 0 Å². The molecular formula is C19H23F2N3. The SMILES string of the molecule is CCN(C)/C=N/c1cc(F)cc(NCc2ccc(F)c(C)c2)c1C. The second kappa shape index (κ2) is 7.90. The van der Waals surface area contributed by atoms with Gasteiger partial charge < -0.3 is 10.2 Å². The van der Waals surface area contributed by atoms with E-state index in [-0.39, 0.29) is 11.6 Å². The summed E-state index contributed by atoms with van der Waals surface area (Å²) in [5, 5.41) is 3.21. The predicted octanol–water partition coefficient (Wildman–Crippen LogP) is 4.81. The Bertz CT molecular complexity index is 742. The molecule has 0 unspecified atom stereocenters. The molecule has 1 N–H and O–H groups in total. The summed E-state index contributed by atoms with van der Waals surface area (Å²) in [5.74, 6) is -0.568. The first-order chi connectivity index (χ1) is 11.4. The average molecular weight is 331 g/mol. The van der Waals surface area contributed by atoms with Gasteiger partial charge in [-0.25, -0.2) is 13.8 Å². The van der Waals surface area contributed by atoms with Crippen molar-refractivity contribution in [3.63, 3.8) is 0 Å². The minimum absolute atomic E-state index is 0.225. The van der Waals surface area contributed by atoms with Gasteiger partial charge in [-0.1, -0.05) is 12.1 Å². The fourth-order valence-corrected chi connectivity index (χ4v) is 2.24. The maximum Gasteiger partial charge on any atom is 0.127 e. The largest absolute Gasteiger partial charge is 0.381 e. The molecule has 128 valence electrons. The minimum atomic E-state index is -0.343. The number of aliphatic imine (C=N–C) groups is 1. The van der Waals surface area contributed by atoms with Crippen LogP contribution in [0.25, 0.3) is 0 Å². The van der Waals surface area contributed by atoms with Gasteiger partial charge in [0.25, 0.3) is 0 Å². The summed E-state index contributed by atoms with van der Waals surface area (Å²) >= 11 is 0. The van der Waals surface area contributed by atoms with Crippen molar-refractivity contribution in [2.24, 2.45) is 4.99 Å². The number of aryl methyl sites for hydroxylation is 1. The quantitative estimate of drug-likeness (QED) is 0.608. The molecule has 0 atom stereocenters. The van der Waals surface area contributed by atoms with E-state index in [9.17, 15) is 8.78 Å². The summed E-state index contributed by atoms with van der Waals surface area (Å²) in [7, 11) is 1.91. The van der Waals surface area contributed by atoms with Crippen molar-refractivity contribution in [1.82, 2.24) is 4.90 Å². The molecule has 3 nitrogen and oxygen atoms in total. The van der Waals surface area contributed by atoms with E-state index in [1.165, 1.54) is 18.2 Å². The van der Waals surface area contributed by atoms with Crippen LogP contribution in [-0.2, 0) is 6.54 Å². The molecule has 0 fully saturated rings. The van der Waals surface area contributed by atoms with Crippen molar-refractivity contribution >= 4 is 17.7 Å². The van der Waals surface area contributed by atoms with E-state index in [0.717, 1.165) is 17.7 Å². The van der Waals surface area contributed by atoms with Crippen LogP contribution in [0.3, 0.4) is 0 Å². The molecule has 2 aromatic carbocycles. The minimum Gasteiger partial charge on any atom is -0.381 e. The van der Waals surface area contributed by atoms with Crippen molar-refractivity contribution in [2.45, 2.75) is 27.3 Å². The molecule has 0 aromatic heterocycles. The summed E-state index contributed by atoms with van der Waals surface area (Å²) in [6, 6.07) is 7.82. The highest BCUT2D eigenvalue weighted by Crippen LogP contribution is 2.28. The second-order valence-electron chi connectivity index (χ2n) is 5.85. The van der Waals surface area contributed by atoms with E-state index in [1.807, 2.05) is 25.8 Å². The summed E-state index contributed by atoms with van der Waals surface area (Å²) < 4.78 is 27.2. The highest BCUT2D eigenvalue weighted by Gasteiger charge is 2.07. The van der Waals surface area contributed by atoms with Gasteiger partial charge in [-0.2, -0.15) is 0 Å². The lowest BCUT2D eigenvalue weighted by molar-refractivity contribution is 0.552. The van der Waals surface area contributed by atoms with Crippen LogP contribution >= 0.6 is 0 Å².